The van der Waals surface area contributed by atoms with Crippen molar-refractivity contribution in [1.29, 1.82) is 0 Å². The molecule has 0 radical (unpaired) electrons. The largest absolute Gasteiger partial charge is 0.373 e. The molecule has 3 heterocycles. The van der Waals surface area contributed by atoms with Crippen molar-refractivity contribution >= 4 is 30.7 Å². The van der Waals surface area contributed by atoms with Gasteiger partial charge >= 0.3 is 0 Å². The Hall–Kier alpha value is -0.820. The Kier molecular flexibility index (Phi) is 7.80. The van der Waals surface area contributed by atoms with Crippen molar-refractivity contribution in [3.05, 3.63) is 17.5 Å². The maximum absolute atomic E-state index is 12.5. The monoisotopic (exact) mass is 364 g/mol. The first-order valence-electron chi connectivity index (χ1n) is 7.75. The van der Waals surface area contributed by atoms with Gasteiger partial charge in [0, 0.05) is 25.3 Å². The predicted molar refractivity (Wildman–Crippen MR) is 93.5 cm³/mol. The molecule has 2 unspecified atom stereocenters. The zero-order valence-electron chi connectivity index (χ0n) is 13.7. The fourth-order valence-electron chi connectivity index (χ4n) is 3.21. The van der Waals surface area contributed by atoms with E-state index < -0.39 is 0 Å². The molecule has 1 aromatic rings. The van der Waals surface area contributed by atoms with Crippen LogP contribution in [0.15, 0.2) is 6.07 Å². The lowest BCUT2D eigenvalue weighted by Gasteiger charge is -2.34. The number of aryl methyl sites for hydroxylation is 2. The minimum absolute atomic E-state index is 0. The summed E-state index contributed by atoms with van der Waals surface area (Å²) in [5.74, 6) is 0.430. The summed E-state index contributed by atoms with van der Waals surface area (Å²) in [4.78, 5) is 14.4. The van der Waals surface area contributed by atoms with Gasteiger partial charge in [0.25, 0.3) is 0 Å². The van der Waals surface area contributed by atoms with E-state index in [0.717, 1.165) is 30.9 Å². The van der Waals surface area contributed by atoms with Gasteiger partial charge in [0.15, 0.2) is 0 Å². The summed E-state index contributed by atoms with van der Waals surface area (Å²) < 4.78 is 7.80. The van der Waals surface area contributed by atoms with Crippen LogP contribution in [0, 0.1) is 19.8 Å². The van der Waals surface area contributed by atoms with E-state index >= 15 is 0 Å². The number of ether oxygens (including phenoxy) is 1. The Bertz CT molecular complexity index is 518. The van der Waals surface area contributed by atoms with E-state index in [0.29, 0.717) is 26.2 Å². The average Bonchev–Trinajstić information content (AvgIpc) is 3.09. The lowest BCUT2D eigenvalue weighted by molar-refractivity contribution is -0.143. The molecule has 2 saturated heterocycles. The molecule has 1 aromatic heterocycles. The van der Waals surface area contributed by atoms with Crippen LogP contribution in [0.1, 0.15) is 17.8 Å². The number of morpholine rings is 1. The number of halogens is 2. The SMILES string of the molecule is Cc1cc(C)n(CC2CN(C(=O)C3CCNC3)CCO2)n1.Cl.Cl. The van der Waals surface area contributed by atoms with Crippen molar-refractivity contribution in [1.82, 2.24) is 20.0 Å². The standard InChI is InChI=1S/C15H24N4O2.2ClH/c1-11-7-12(2)19(17-11)10-14-9-18(5-6-21-14)15(20)13-3-4-16-8-13;;/h7,13-14,16H,3-6,8-10H2,1-2H3;2*1H. The lowest BCUT2D eigenvalue weighted by Crippen LogP contribution is -2.49. The molecular weight excluding hydrogens is 339 g/mol. The number of nitrogens with zero attached hydrogens (tertiary/aromatic N) is 3. The molecule has 0 saturated carbocycles. The van der Waals surface area contributed by atoms with Gasteiger partial charge in [-0.2, -0.15) is 5.10 Å². The molecule has 2 aliphatic rings. The van der Waals surface area contributed by atoms with E-state index in [1.807, 2.05) is 16.5 Å². The Morgan fingerprint density at radius 2 is 2.22 bits per heavy atom. The van der Waals surface area contributed by atoms with Crippen LogP contribution < -0.4 is 5.32 Å². The molecule has 2 fully saturated rings. The second kappa shape index (κ2) is 8.87. The van der Waals surface area contributed by atoms with E-state index in [2.05, 4.69) is 23.4 Å². The molecule has 1 N–H and O–H groups in total. The molecule has 1 amide bonds. The third-order valence-electron chi connectivity index (χ3n) is 4.34. The van der Waals surface area contributed by atoms with Crippen LogP contribution in [-0.2, 0) is 16.1 Å². The van der Waals surface area contributed by atoms with E-state index in [1.165, 1.54) is 0 Å². The summed E-state index contributed by atoms with van der Waals surface area (Å²) in [6, 6.07) is 2.07. The van der Waals surface area contributed by atoms with Gasteiger partial charge in [-0.25, -0.2) is 0 Å². The Morgan fingerprint density at radius 3 is 2.83 bits per heavy atom. The van der Waals surface area contributed by atoms with Crippen LogP contribution in [0.5, 0.6) is 0 Å². The highest BCUT2D eigenvalue weighted by Crippen LogP contribution is 2.16. The molecule has 23 heavy (non-hydrogen) atoms. The van der Waals surface area contributed by atoms with Crippen LogP contribution in [0.2, 0.25) is 0 Å². The van der Waals surface area contributed by atoms with Crippen LogP contribution in [0.3, 0.4) is 0 Å². The fraction of sp³-hybridized carbons (Fsp3) is 0.733. The fourth-order valence-corrected chi connectivity index (χ4v) is 3.21. The Morgan fingerprint density at radius 1 is 1.43 bits per heavy atom. The normalized spacial score (nSPS) is 24.0. The number of aromatic nitrogens is 2. The van der Waals surface area contributed by atoms with Crippen LogP contribution in [0.4, 0.5) is 0 Å². The number of carbonyl (C=O) groups is 1. The lowest BCUT2D eigenvalue weighted by atomic mass is 10.1. The summed E-state index contributed by atoms with van der Waals surface area (Å²) in [5, 5.41) is 7.74. The Labute approximate surface area is 149 Å². The molecule has 3 rings (SSSR count). The van der Waals surface area contributed by atoms with E-state index in [-0.39, 0.29) is 42.7 Å². The summed E-state index contributed by atoms with van der Waals surface area (Å²) in [6.07, 6.45) is 0.994. The molecule has 132 valence electrons. The molecule has 0 aliphatic carbocycles. The Balaban J connectivity index is 0.00000132. The second-order valence-corrected chi connectivity index (χ2v) is 6.08. The third-order valence-corrected chi connectivity index (χ3v) is 4.34. The molecule has 0 aromatic carbocycles. The highest BCUT2D eigenvalue weighted by atomic mass is 35.5. The first kappa shape index (κ1) is 20.2. The molecule has 8 heteroatoms. The van der Waals surface area contributed by atoms with Gasteiger partial charge in [-0.05, 0) is 32.9 Å². The van der Waals surface area contributed by atoms with Gasteiger partial charge in [0.2, 0.25) is 5.91 Å². The molecule has 2 aliphatic heterocycles. The number of hydrogen-bond donors (Lipinski definition) is 1. The maximum Gasteiger partial charge on any atom is 0.227 e. The van der Waals surface area contributed by atoms with Gasteiger partial charge in [-0.1, -0.05) is 0 Å². The van der Waals surface area contributed by atoms with Gasteiger partial charge in [-0.3, -0.25) is 9.48 Å². The van der Waals surface area contributed by atoms with E-state index in [9.17, 15) is 4.79 Å². The molecular formula is C15H26Cl2N4O2. The first-order chi connectivity index (χ1) is 10.1. The van der Waals surface area contributed by atoms with Crippen LogP contribution in [-0.4, -0.2) is 59.5 Å². The van der Waals surface area contributed by atoms with Crippen molar-refractivity contribution in [2.75, 3.05) is 32.8 Å². The maximum atomic E-state index is 12.5. The van der Waals surface area contributed by atoms with Crippen LogP contribution >= 0.6 is 24.8 Å². The van der Waals surface area contributed by atoms with Crippen molar-refractivity contribution in [3.63, 3.8) is 0 Å². The second-order valence-electron chi connectivity index (χ2n) is 6.08. The molecule has 0 bridgehead atoms. The number of amides is 1. The van der Waals surface area contributed by atoms with Gasteiger partial charge in [0.1, 0.15) is 0 Å². The first-order valence-corrected chi connectivity index (χ1v) is 7.75. The highest BCUT2D eigenvalue weighted by molar-refractivity contribution is 5.85. The number of rotatable bonds is 3. The number of hydrogen-bond acceptors (Lipinski definition) is 4. The highest BCUT2D eigenvalue weighted by Gasteiger charge is 2.31. The summed E-state index contributed by atoms with van der Waals surface area (Å²) in [5.41, 5.74) is 2.16. The molecule has 6 nitrogen and oxygen atoms in total. The van der Waals surface area contributed by atoms with Crippen molar-refractivity contribution in [2.45, 2.75) is 32.9 Å². The molecule has 0 spiro atoms. The number of carbonyl (C=O) groups excluding carboxylic acids is 1. The summed E-state index contributed by atoms with van der Waals surface area (Å²) in [7, 11) is 0. The quantitative estimate of drug-likeness (QED) is 0.874. The van der Waals surface area contributed by atoms with Gasteiger partial charge in [-0.15, -0.1) is 24.8 Å². The predicted octanol–water partition coefficient (Wildman–Crippen LogP) is 1.18. The zero-order chi connectivity index (χ0) is 14.8. The van der Waals surface area contributed by atoms with Gasteiger partial charge in [0.05, 0.1) is 30.9 Å². The molecule has 2 atom stereocenters. The minimum atomic E-state index is 0. The summed E-state index contributed by atoms with van der Waals surface area (Å²) in [6.45, 7) is 8.54. The topological polar surface area (TPSA) is 59.4 Å². The number of nitrogens with one attached hydrogen (secondary N) is 1. The van der Waals surface area contributed by atoms with Crippen molar-refractivity contribution < 1.29 is 9.53 Å². The van der Waals surface area contributed by atoms with Crippen LogP contribution in [0.25, 0.3) is 0 Å². The van der Waals surface area contributed by atoms with Gasteiger partial charge < -0.3 is 15.0 Å². The minimum Gasteiger partial charge on any atom is -0.373 e. The van der Waals surface area contributed by atoms with E-state index in [4.69, 9.17) is 4.74 Å². The zero-order valence-corrected chi connectivity index (χ0v) is 15.3. The van der Waals surface area contributed by atoms with Crippen molar-refractivity contribution in [3.8, 4) is 0 Å². The third kappa shape index (κ3) is 4.83. The summed E-state index contributed by atoms with van der Waals surface area (Å²) >= 11 is 0. The smallest absolute Gasteiger partial charge is 0.227 e. The van der Waals surface area contributed by atoms with Crippen molar-refractivity contribution in [2.24, 2.45) is 5.92 Å². The van der Waals surface area contributed by atoms with E-state index in [1.54, 1.807) is 0 Å². The average molecular weight is 365 g/mol.